The lowest BCUT2D eigenvalue weighted by Gasteiger charge is -2.05. The lowest BCUT2D eigenvalue weighted by atomic mass is 10.2. The number of benzene rings is 1. The van der Waals surface area contributed by atoms with Crippen LogP contribution in [0.3, 0.4) is 0 Å². The third-order valence-electron chi connectivity index (χ3n) is 2.19. The van der Waals surface area contributed by atoms with E-state index in [-0.39, 0.29) is 10.7 Å². The molecule has 0 spiro atoms. The molecule has 1 aromatic heterocycles. The first-order chi connectivity index (χ1) is 8.16. The minimum absolute atomic E-state index is 0.0807. The van der Waals surface area contributed by atoms with Crippen molar-refractivity contribution >= 4 is 34.3 Å². The van der Waals surface area contributed by atoms with Crippen molar-refractivity contribution in [1.29, 1.82) is 0 Å². The first-order valence-electron chi connectivity index (χ1n) is 4.87. The van der Waals surface area contributed by atoms with Crippen LogP contribution in [0.15, 0.2) is 35.7 Å². The zero-order valence-corrected chi connectivity index (χ0v) is 10.3. The van der Waals surface area contributed by atoms with Crippen LogP contribution in [-0.2, 0) is 6.54 Å². The smallest absolute Gasteiger partial charge is 0.289 e. The standard InChI is InChI=1S/C11H9ClN2O2S/c12-10-4-3-8(6-11(10)14(15)16)13-7-9-2-1-5-17-9/h1-6,13H,7H2. The summed E-state index contributed by atoms with van der Waals surface area (Å²) < 4.78 is 0. The van der Waals surface area contributed by atoms with Gasteiger partial charge in [-0.05, 0) is 23.6 Å². The molecule has 6 heteroatoms. The minimum Gasteiger partial charge on any atom is -0.380 e. The maximum absolute atomic E-state index is 10.7. The van der Waals surface area contributed by atoms with Gasteiger partial charge in [0.25, 0.3) is 5.69 Å². The monoisotopic (exact) mass is 268 g/mol. The van der Waals surface area contributed by atoms with Crippen LogP contribution in [0.5, 0.6) is 0 Å². The van der Waals surface area contributed by atoms with Gasteiger partial charge in [-0.3, -0.25) is 10.1 Å². The van der Waals surface area contributed by atoms with E-state index in [1.54, 1.807) is 17.4 Å². The fourth-order valence-electron chi connectivity index (χ4n) is 1.36. The molecule has 0 aliphatic rings. The minimum atomic E-state index is -0.487. The maximum atomic E-state index is 10.7. The second kappa shape index (κ2) is 5.16. The molecular weight excluding hydrogens is 260 g/mol. The molecule has 2 aromatic rings. The van der Waals surface area contributed by atoms with E-state index in [0.717, 1.165) is 0 Å². The Bertz CT molecular complexity index is 528. The zero-order valence-electron chi connectivity index (χ0n) is 8.72. The van der Waals surface area contributed by atoms with Crippen molar-refractivity contribution in [2.24, 2.45) is 0 Å². The number of hydrogen-bond acceptors (Lipinski definition) is 4. The Kier molecular flexibility index (Phi) is 3.61. The van der Waals surface area contributed by atoms with Crippen molar-refractivity contribution in [3.05, 3.63) is 55.7 Å². The van der Waals surface area contributed by atoms with Gasteiger partial charge in [0.15, 0.2) is 0 Å². The Morgan fingerprint density at radius 3 is 2.88 bits per heavy atom. The summed E-state index contributed by atoms with van der Waals surface area (Å²) in [5.41, 5.74) is 0.609. The summed E-state index contributed by atoms with van der Waals surface area (Å²) in [6, 6.07) is 8.66. The molecule has 88 valence electrons. The average molecular weight is 269 g/mol. The Morgan fingerprint density at radius 1 is 1.41 bits per heavy atom. The Hall–Kier alpha value is -1.59. The maximum Gasteiger partial charge on any atom is 0.289 e. The van der Waals surface area contributed by atoms with Gasteiger partial charge in [-0.2, -0.15) is 0 Å². The molecule has 1 N–H and O–H groups in total. The fourth-order valence-corrected chi connectivity index (χ4v) is 2.20. The van der Waals surface area contributed by atoms with Gasteiger partial charge in [0.05, 0.1) is 4.92 Å². The van der Waals surface area contributed by atoms with Crippen molar-refractivity contribution < 1.29 is 4.92 Å². The summed E-state index contributed by atoms with van der Waals surface area (Å²) in [5, 5.41) is 16.0. The van der Waals surface area contributed by atoms with Gasteiger partial charge in [-0.15, -0.1) is 11.3 Å². The number of halogens is 1. The van der Waals surface area contributed by atoms with Crippen molar-refractivity contribution in [2.45, 2.75) is 6.54 Å². The third-order valence-corrected chi connectivity index (χ3v) is 3.39. The molecule has 0 unspecified atom stereocenters. The van der Waals surface area contributed by atoms with Crippen LogP contribution in [0.4, 0.5) is 11.4 Å². The molecule has 0 fully saturated rings. The number of thiophene rings is 1. The van der Waals surface area contributed by atoms with Gasteiger partial charge >= 0.3 is 0 Å². The van der Waals surface area contributed by atoms with Crippen molar-refractivity contribution in [3.63, 3.8) is 0 Å². The highest BCUT2D eigenvalue weighted by Crippen LogP contribution is 2.27. The van der Waals surface area contributed by atoms with Crippen LogP contribution in [0.1, 0.15) is 4.88 Å². The molecule has 1 aromatic carbocycles. The van der Waals surface area contributed by atoms with E-state index in [1.165, 1.54) is 17.0 Å². The molecule has 17 heavy (non-hydrogen) atoms. The molecule has 4 nitrogen and oxygen atoms in total. The van der Waals surface area contributed by atoms with E-state index in [4.69, 9.17) is 11.6 Å². The molecule has 1 heterocycles. The van der Waals surface area contributed by atoms with Crippen LogP contribution in [-0.4, -0.2) is 4.92 Å². The van der Waals surface area contributed by atoms with Gasteiger partial charge in [-0.1, -0.05) is 17.7 Å². The quantitative estimate of drug-likeness (QED) is 0.675. The van der Waals surface area contributed by atoms with E-state index in [1.807, 2.05) is 17.5 Å². The summed E-state index contributed by atoms with van der Waals surface area (Å²) in [7, 11) is 0. The lowest BCUT2D eigenvalue weighted by molar-refractivity contribution is -0.384. The molecular formula is C11H9ClN2O2S. The van der Waals surface area contributed by atoms with Crippen LogP contribution in [0, 0.1) is 10.1 Å². The number of nitrogens with zero attached hydrogens (tertiary/aromatic N) is 1. The summed E-state index contributed by atoms with van der Waals surface area (Å²) in [4.78, 5) is 11.4. The van der Waals surface area contributed by atoms with Gasteiger partial charge in [0.1, 0.15) is 5.02 Å². The second-order valence-corrected chi connectivity index (χ2v) is 4.80. The predicted octanol–water partition coefficient (Wildman–Crippen LogP) is 3.92. The van der Waals surface area contributed by atoms with Crippen LogP contribution in [0.25, 0.3) is 0 Å². The number of rotatable bonds is 4. The third kappa shape index (κ3) is 2.95. The summed E-state index contributed by atoms with van der Waals surface area (Å²) in [5.74, 6) is 0. The van der Waals surface area contributed by atoms with Crippen LogP contribution >= 0.6 is 22.9 Å². The average Bonchev–Trinajstić information content (AvgIpc) is 2.80. The van der Waals surface area contributed by atoms with Crippen molar-refractivity contribution in [2.75, 3.05) is 5.32 Å². The summed E-state index contributed by atoms with van der Waals surface area (Å²) in [6.07, 6.45) is 0. The van der Waals surface area contributed by atoms with Crippen molar-refractivity contribution in [3.8, 4) is 0 Å². The molecule has 0 radical (unpaired) electrons. The molecule has 0 saturated heterocycles. The summed E-state index contributed by atoms with van der Waals surface area (Å²) in [6.45, 7) is 0.649. The lowest BCUT2D eigenvalue weighted by Crippen LogP contribution is -1.98. The van der Waals surface area contributed by atoms with Gasteiger partial charge < -0.3 is 5.32 Å². The number of nitro benzene ring substituents is 1. The molecule has 0 amide bonds. The first-order valence-corrected chi connectivity index (χ1v) is 6.13. The number of nitrogens with one attached hydrogen (secondary N) is 1. The normalized spacial score (nSPS) is 10.2. The highest BCUT2D eigenvalue weighted by Gasteiger charge is 2.12. The highest BCUT2D eigenvalue weighted by atomic mass is 35.5. The van der Waals surface area contributed by atoms with Gasteiger partial charge in [0, 0.05) is 23.2 Å². The Morgan fingerprint density at radius 2 is 2.24 bits per heavy atom. The molecule has 0 bridgehead atoms. The molecule has 0 saturated carbocycles. The fraction of sp³-hybridized carbons (Fsp3) is 0.0909. The Labute approximate surface area is 107 Å². The van der Waals surface area contributed by atoms with Gasteiger partial charge in [0.2, 0.25) is 0 Å². The van der Waals surface area contributed by atoms with Gasteiger partial charge in [-0.25, -0.2) is 0 Å². The predicted molar refractivity (Wildman–Crippen MR) is 69.8 cm³/mol. The van der Waals surface area contributed by atoms with Crippen LogP contribution in [0.2, 0.25) is 5.02 Å². The highest BCUT2D eigenvalue weighted by molar-refractivity contribution is 7.09. The molecule has 0 aliphatic carbocycles. The molecule has 0 atom stereocenters. The topological polar surface area (TPSA) is 55.2 Å². The zero-order chi connectivity index (χ0) is 12.3. The number of nitro groups is 1. The van der Waals surface area contributed by atoms with Crippen LogP contribution < -0.4 is 5.32 Å². The summed E-state index contributed by atoms with van der Waals surface area (Å²) >= 11 is 7.36. The molecule has 2 rings (SSSR count). The van der Waals surface area contributed by atoms with Crippen molar-refractivity contribution in [1.82, 2.24) is 0 Å². The van der Waals surface area contributed by atoms with E-state index < -0.39 is 4.92 Å². The number of anilines is 1. The van der Waals surface area contributed by atoms with E-state index in [2.05, 4.69) is 5.32 Å². The van der Waals surface area contributed by atoms with E-state index in [0.29, 0.717) is 12.2 Å². The Balaban J connectivity index is 2.11. The largest absolute Gasteiger partial charge is 0.380 e. The van der Waals surface area contributed by atoms with E-state index >= 15 is 0 Å². The SMILES string of the molecule is O=[N+]([O-])c1cc(NCc2cccs2)ccc1Cl. The van der Waals surface area contributed by atoms with E-state index in [9.17, 15) is 10.1 Å². The first kappa shape index (κ1) is 11.9. The second-order valence-electron chi connectivity index (χ2n) is 3.36. The number of hydrogen-bond donors (Lipinski definition) is 1. The molecule has 0 aliphatic heterocycles.